The second-order valence-corrected chi connectivity index (χ2v) is 26.4. The Labute approximate surface area is 361 Å². The molecule has 9 aromatic carbocycles. The van der Waals surface area contributed by atoms with Gasteiger partial charge in [-0.1, -0.05) is 109 Å². The summed E-state index contributed by atoms with van der Waals surface area (Å²) in [5.74, 6) is 0. The molecule has 9 aromatic rings. The Kier molecular flexibility index (Phi) is 6.05. The molecule has 6 heterocycles. The van der Waals surface area contributed by atoms with Gasteiger partial charge in [-0.3, -0.25) is 0 Å². The lowest BCUT2D eigenvalue weighted by molar-refractivity contribution is 0.969. The Balaban J connectivity index is 1.26. The highest BCUT2D eigenvalue weighted by molar-refractivity contribution is 8.36. The van der Waals surface area contributed by atoms with Gasteiger partial charge in [0.2, 0.25) is 0 Å². The molecule has 3 spiro atoms. The highest BCUT2D eigenvalue weighted by Crippen LogP contribution is 2.96. The summed E-state index contributed by atoms with van der Waals surface area (Å²) in [7, 11) is -5.99. The highest BCUT2D eigenvalue weighted by Gasteiger charge is 2.60. The molecule has 0 atom stereocenters. The molecule has 0 N–H and O–H groups in total. The molecule has 6 aliphatic heterocycles. The predicted molar refractivity (Wildman–Crippen MR) is 253 cm³/mol. The normalized spacial score (nSPS) is 18.0. The van der Waals surface area contributed by atoms with Crippen LogP contribution in [0.3, 0.4) is 0 Å². The van der Waals surface area contributed by atoms with Gasteiger partial charge in [-0.15, -0.1) is 30.1 Å². The number of hydrogen-bond acceptors (Lipinski definition) is 1. The number of benzene rings is 9. The van der Waals surface area contributed by atoms with E-state index in [0.29, 0.717) is 0 Å². The minimum atomic E-state index is -2.00. The van der Waals surface area contributed by atoms with Crippen LogP contribution in [0.2, 0.25) is 0 Å². The lowest BCUT2D eigenvalue weighted by Gasteiger charge is -2.60. The molecule has 0 aliphatic carbocycles. The van der Waals surface area contributed by atoms with E-state index < -0.39 is 30.1 Å². The number of nitrogens with zero attached hydrogens (tertiary/aromatic N) is 1. The number of rotatable bonds is 0. The van der Waals surface area contributed by atoms with Crippen molar-refractivity contribution in [2.75, 3.05) is 4.90 Å². The zero-order valence-electron chi connectivity index (χ0n) is 34.0. The van der Waals surface area contributed by atoms with E-state index in [2.05, 4.69) is 208 Å². The SMILES string of the molecule is Cc1cc2c3c(c1)S1(c4ccccc4-c4ccccc41)c1cc(C)cc4c1N3c1c(cc(C)cc1S41c3ccccc3-c3ccccc31)S21c2ccccc2-c2ccccc21. The van der Waals surface area contributed by atoms with Crippen molar-refractivity contribution in [3.8, 4) is 33.4 Å². The molecule has 15 rings (SSSR count). The largest absolute Gasteiger partial charge is 0.304 e. The van der Waals surface area contributed by atoms with E-state index >= 15 is 0 Å². The van der Waals surface area contributed by atoms with E-state index in [0.717, 1.165) is 0 Å². The van der Waals surface area contributed by atoms with Crippen LogP contribution in [0.5, 0.6) is 0 Å². The summed E-state index contributed by atoms with van der Waals surface area (Å²) < 4.78 is 0. The number of hydrogen-bond donors (Lipinski definition) is 0. The maximum absolute atomic E-state index is 2.85. The quantitative estimate of drug-likeness (QED) is 0.147. The first kappa shape index (κ1) is 33.5. The lowest BCUT2D eigenvalue weighted by Crippen LogP contribution is -2.32. The Morgan fingerprint density at radius 1 is 0.246 bits per heavy atom. The van der Waals surface area contributed by atoms with Crippen LogP contribution < -0.4 is 4.90 Å². The van der Waals surface area contributed by atoms with Gasteiger partial charge in [0.1, 0.15) is 0 Å². The van der Waals surface area contributed by atoms with Crippen molar-refractivity contribution >= 4 is 47.1 Å². The molecule has 290 valence electrons. The lowest BCUT2D eigenvalue weighted by atomic mass is 10.1. The zero-order valence-corrected chi connectivity index (χ0v) is 36.4. The number of anilines is 3. The molecular formula is C57H39NS3. The number of aryl methyl sites for hydroxylation is 3. The van der Waals surface area contributed by atoms with E-state index in [1.165, 1.54) is 126 Å². The van der Waals surface area contributed by atoms with Crippen molar-refractivity contribution in [2.45, 2.75) is 79.5 Å². The fourth-order valence-electron chi connectivity index (χ4n) is 12.4. The van der Waals surface area contributed by atoms with Gasteiger partial charge in [0.05, 0.1) is 17.1 Å². The van der Waals surface area contributed by atoms with E-state index in [-0.39, 0.29) is 0 Å². The van der Waals surface area contributed by atoms with Gasteiger partial charge in [-0.2, -0.15) is 0 Å². The van der Waals surface area contributed by atoms with Gasteiger partial charge >= 0.3 is 0 Å². The fourth-order valence-corrected chi connectivity index (χ4v) is 26.7. The second-order valence-electron chi connectivity index (χ2n) is 17.5. The topological polar surface area (TPSA) is 3.24 Å². The van der Waals surface area contributed by atoms with Crippen LogP contribution in [0, 0.1) is 20.8 Å². The first-order chi connectivity index (χ1) is 30.0. The maximum atomic E-state index is 2.85. The van der Waals surface area contributed by atoms with Crippen molar-refractivity contribution in [2.24, 2.45) is 0 Å². The molecule has 0 aromatic heterocycles. The molecule has 0 radical (unpaired) electrons. The summed E-state index contributed by atoms with van der Waals surface area (Å²) in [5, 5.41) is 0. The second kappa shape index (κ2) is 11.0. The van der Waals surface area contributed by atoms with E-state index in [9.17, 15) is 0 Å². The smallest absolute Gasteiger partial charge is 0.0724 e. The molecule has 0 bridgehead atoms. The molecule has 0 unspecified atom stereocenters. The molecular weight excluding hydrogens is 795 g/mol. The molecule has 61 heavy (non-hydrogen) atoms. The van der Waals surface area contributed by atoms with Crippen LogP contribution in [-0.4, -0.2) is 0 Å². The minimum Gasteiger partial charge on any atom is -0.304 e. The molecule has 4 heteroatoms. The van der Waals surface area contributed by atoms with E-state index in [4.69, 9.17) is 0 Å². The first-order valence-corrected chi connectivity index (χ1v) is 26.2. The van der Waals surface area contributed by atoms with E-state index in [1.54, 1.807) is 0 Å². The number of fused-ring (bicyclic) bond motifs is 21. The van der Waals surface area contributed by atoms with Gasteiger partial charge in [-0.05, 0) is 144 Å². The van der Waals surface area contributed by atoms with Crippen LogP contribution >= 0.6 is 30.1 Å². The van der Waals surface area contributed by atoms with Crippen molar-refractivity contribution in [1.29, 1.82) is 0 Å². The van der Waals surface area contributed by atoms with Gasteiger partial charge in [0, 0.05) is 58.7 Å². The van der Waals surface area contributed by atoms with Crippen LogP contribution in [0.4, 0.5) is 17.1 Å². The molecule has 0 fully saturated rings. The first-order valence-electron chi connectivity index (χ1n) is 21.3. The summed E-state index contributed by atoms with van der Waals surface area (Å²) >= 11 is 0. The summed E-state index contributed by atoms with van der Waals surface area (Å²) in [4.78, 5) is 20.7. The molecule has 1 nitrogen and oxygen atoms in total. The summed E-state index contributed by atoms with van der Waals surface area (Å²) in [6, 6.07) is 72.4. The fraction of sp³-hybridized carbons (Fsp3) is 0.0526. The van der Waals surface area contributed by atoms with Crippen LogP contribution in [0.15, 0.2) is 241 Å². The van der Waals surface area contributed by atoms with Gasteiger partial charge in [-0.25, -0.2) is 0 Å². The highest BCUT2D eigenvalue weighted by atomic mass is 32.3. The summed E-state index contributed by atoms with van der Waals surface area (Å²) in [6.07, 6.45) is 0. The van der Waals surface area contributed by atoms with Gasteiger partial charge in [0.25, 0.3) is 0 Å². The third-order valence-electron chi connectivity index (χ3n) is 14.4. The van der Waals surface area contributed by atoms with Crippen LogP contribution in [0.25, 0.3) is 33.4 Å². The third kappa shape index (κ3) is 3.48. The Hall–Kier alpha value is -6.17. The summed E-state index contributed by atoms with van der Waals surface area (Å²) in [6.45, 7) is 7.10. The van der Waals surface area contributed by atoms with Crippen molar-refractivity contribution in [3.63, 3.8) is 0 Å². The van der Waals surface area contributed by atoms with Crippen LogP contribution in [-0.2, 0) is 0 Å². The molecule has 0 amide bonds. The third-order valence-corrected chi connectivity index (χ3v) is 26.3. The van der Waals surface area contributed by atoms with Crippen LogP contribution in [0.1, 0.15) is 16.7 Å². The standard InChI is InChI=1S/C57H39NS3/c1-34-28-49-55-50(29-34)60(45-24-12-6-18-39(45)40-19-7-13-25-46(40)60)52-31-36(3)33-54-57(52)58(55)56-51(59(49)43-22-10-4-16-37(43)38-17-5-11-23-44(38)59)30-35(2)32-53(56)61(54)47-26-14-8-20-41(47)42-21-9-15-27-48(42)61/h4-33H,1-3H3. The molecule has 0 saturated carbocycles. The predicted octanol–water partition coefficient (Wildman–Crippen LogP) is 17.0. The van der Waals surface area contributed by atoms with E-state index in [1.807, 2.05) is 0 Å². The Morgan fingerprint density at radius 2 is 0.426 bits per heavy atom. The molecule has 0 saturated heterocycles. The average Bonchev–Trinajstić information content (AvgIpc) is 3.87. The Bertz CT molecular complexity index is 2970. The molecule has 6 aliphatic rings. The minimum absolute atomic E-state index is 1.33. The van der Waals surface area contributed by atoms with Gasteiger partial charge in [0.15, 0.2) is 0 Å². The zero-order chi connectivity index (χ0) is 40.1. The van der Waals surface area contributed by atoms with Crippen molar-refractivity contribution < 1.29 is 0 Å². The van der Waals surface area contributed by atoms with Gasteiger partial charge < -0.3 is 4.90 Å². The monoisotopic (exact) mass is 833 g/mol. The average molecular weight is 834 g/mol. The summed E-state index contributed by atoms with van der Waals surface area (Å²) in [5.41, 5.74) is 16.6. The maximum Gasteiger partial charge on any atom is 0.0724 e. The Morgan fingerprint density at radius 3 is 0.623 bits per heavy atom. The van der Waals surface area contributed by atoms with Crippen molar-refractivity contribution in [1.82, 2.24) is 0 Å². The van der Waals surface area contributed by atoms with Crippen molar-refractivity contribution in [3.05, 3.63) is 199 Å².